The van der Waals surface area contributed by atoms with Crippen LogP contribution < -0.4 is 10.1 Å². The Labute approximate surface area is 123 Å². The largest absolute Gasteiger partial charge is 0.481 e. The van der Waals surface area contributed by atoms with E-state index in [2.05, 4.69) is 5.32 Å². The van der Waals surface area contributed by atoms with Gasteiger partial charge in [0.25, 0.3) is 5.91 Å². The molecule has 0 bridgehead atoms. The number of hydrogen-bond donors (Lipinski definition) is 2. The van der Waals surface area contributed by atoms with Gasteiger partial charge < -0.3 is 15.2 Å². The Bertz CT molecular complexity index is 560. The molecule has 0 spiro atoms. The molecule has 3 unspecified atom stereocenters. The maximum atomic E-state index is 12.4. The first-order chi connectivity index (χ1) is 10.0. The zero-order valence-electron chi connectivity index (χ0n) is 12.0. The molecule has 2 N–H and O–H groups in total. The molecule has 3 atom stereocenters. The standard InChI is InChI=1S/C16H19NO4/c1-16(15(19)20)8-4-7-13(16)17-14(18)12-9-10-5-2-3-6-11(10)21-12/h2-3,5-6,12-13H,4,7-9H2,1H3,(H,17,18)(H,19,20). The number of hydrogen-bond acceptors (Lipinski definition) is 3. The van der Waals surface area contributed by atoms with Gasteiger partial charge in [0.2, 0.25) is 0 Å². The third-order valence-electron chi connectivity index (χ3n) is 4.70. The van der Waals surface area contributed by atoms with Gasteiger partial charge in [-0.3, -0.25) is 9.59 Å². The molecule has 5 heteroatoms. The maximum Gasteiger partial charge on any atom is 0.311 e. The second-order valence-electron chi connectivity index (χ2n) is 6.09. The van der Waals surface area contributed by atoms with Crippen LogP contribution in [0, 0.1) is 5.41 Å². The molecule has 1 aromatic rings. The smallest absolute Gasteiger partial charge is 0.311 e. The van der Waals surface area contributed by atoms with Gasteiger partial charge in [-0.1, -0.05) is 24.6 Å². The van der Waals surface area contributed by atoms with Gasteiger partial charge in [-0.25, -0.2) is 0 Å². The van der Waals surface area contributed by atoms with Crippen molar-refractivity contribution in [2.45, 2.75) is 44.8 Å². The van der Waals surface area contributed by atoms with Crippen molar-refractivity contribution in [3.63, 3.8) is 0 Å². The van der Waals surface area contributed by atoms with Gasteiger partial charge in [0.05, 0.1) is 5.41 Å². The molecule has 112 valence electrons. The molecule has 5 nitrogen and oxygen atoms in total. The fraction of sp³-hybridized carbons (Fsp3) is 0.500. The summed E-state index contributed by atoms with van der Waals surface area (Å²) in [5, 5.41) is 12.3. The second-order valence-corrected chi connectivity index (χ2v) is 6.09. The van der Waals surface area contributed by atoms with Gasteiger partial charge in [-0.15, -0.1) is 0 Å². The number of para-hydroxylation sites is 1. The molecule has 1 fully saturated rings. The maximum absolute atomic E-state index is 12.4. The fourth-order valence-corrected chi connectivity index (χ4v) is 3.25. The molecule has 1 aromatic carbocycles. The molecule has 1 heterocycles. The van der Waals surface area contributed by atoms with Crippen LogP contribution in [0.25, 0.3) is 0 Å². The van der Waals surface area contributed by atoms with Crippen molar-refractivity contribution < 1.29 is 19.4 Å². The van der Waals surface area contributed by atoms with Crippen LogP contribution in [0.5, 0.6) is 5.75 Å². The number of carbonyl (C=O) groups is 2. The van der Waals surface area contributed by atoms with Crippen molar-refractivity contribution in [1.82, 2.24) is 5.32 Å². The predicted octanol–water partition coefficient (Wildman–Crippen LogP) is 1.75. The summed E-state index contributed by atoms with van der Waals surface area (Å²) in [6.07, 6.45) is 2.10. The van der Waals surface area contributed by atoms with Crippen molar-refractivity contribution in [2.24, 2.45) is 5.41 Å². The fourth-order valence-electron chi connectivity index (χ4n) is 3.25. The number of amides is 1. The highest BCUT2D eigenvalue weighted by Crippen LogP contribution is 2.38. The summed E-state index contributed by atoms with van der Waals surface area (Å²) in [5.74, 6) is -0.323. The van der Waals surface area contributed by atoms with Crippen molar-refractivity contribution in [3.05, 3.63) is 29.8 Å². The van der Waals surface area contributed by atoms with Crippen LogP contribution in [-0.2, 0) is 16.0 Å². The van der Waals surface area contributed by atoms with E-state index in [9.17, 15) is 14.7 Å². The minimum atomic E-state index is -0.874. The van der Waals surface area contributed by atoms with E-state index < -0.39 is 17.5 Å². The van der Waals surface area contributed by atoms with Crippen LogP contribution in [0.2, 0.25) is 0 Å². The van der Waals surface area contributed by atoms with Gasteiger partial charge in [0.1, 0.15) is 5.75 Å². The normalized spacial score (nSPS) is 30.5. The second kappa shape index (κ2) is 5.06. The lowest BCUT2D eigenvalue weighted by Gasteiger charge is -2.28. The molecule has 2 aliphatic rings. The Morgan fingerprint density at radius 3 is 2.86 bits per heavy atom. The van der Waals surface area contributed by atoms with Gasteiger partial charge >= 0.3 is 5.97 Å². The zero-order chi connectivity index (χ0) is 15.0. The molecule has 21 heavy (non-hydrogen) atoms. The summed E-state index contributed by atoms with van der Waals surface area (Å²) in [6, 6.07) is 7.26. The summed E-state index contributed by atoms with van der Waals surface area (Å²) in [6.45, 7) is 1.71. The van der Waals surface area contributed by atoms with E-state index in [-0.39, 0.29) is 11.9 Å². The minimum Gasteiger partial charge on any atom is -0.481 e. The van der Waals surface area contributed by atoms with Crippen LogP contribution in [0.3, 0.4) is 0 Å². The Morgan fingerprint density at radius 2 is 2.14 bits per heavy atom. The number of carboxylic acids is 1. The molecule has 1 amide bonds. The molecule has 1 aliphatic heterocycles. The number of carboxylic acid groups (broad SMARTS) is 1. The van der Waals surface area contributed by atoms with Crippen LogP contribution >= 0.6 is 0 Å². The highest BCUT2D eigenvalue weighted by atomic mass is 16.5. The molecule has 0 saturated heterocycles. The highest BCUT2D eigenvalue weighted by molar-refractivity contribution is 5.84. The first kappa shape index (κ1) is 13.9. The lowest BCUT2D eigenvalue weighted by atomic mass is 9.85. The van der Waals surface area contributed by atoms with Crippen LogP contribution in [0.1, 0.15) is 31.7 Å². The number of rotatable bonds is 3. The van der Waals surface area contributed by atoms with E-state index in [0.717, 1.165) is 17.7 Å². The lowest BCUT2D eigenvalue weighted by molar-refractivity contribution is -0.149. The van der Waals surface area contributed by atoms with E-state index in [4.69, 9.17) is 4.74 Å². The van der Waals surface area contributed by atoms with Crippen molar-refractivity contribution >= 4 is 11.9 Å². The van der Waals surface area contributed by atoms with Gasteiger partial charge in [-0.05, 0) is 31.4 Å². The quantitative estimate of drug-likeness (QED) is 0.889. The van der Waals surface area contributed by atoms with E-state index >= 15 is 0 Å². The third-order valence-corrected chi connectivity index (χ3v) is 4.70. The Balaban J connectivity index is 1.67. The van der Waals surface area contributed by atoms with E-state index in [1.165, 1.54) is 0 Å². The minimum absolute atomic E-state index is 0.217. The number of ether oxygens (including phenoxy) is 1. The average Bonchev–Trinajstić information content (AvgIpc) is 3.04. The summed E-state index contributed by atoms with van der Waals surface area (Å²) in [5.41, 5.74) is 0.145. The molecule has 1 aliphatic carbocycles. The first-order valence-corrected chi connectivity index (χ1v) is 7.29. The van der Waals surface area contributed by atoms with Crippen LogP contribution in [0.4, 0.5) is 0 Å². The molecule has 3 rings (SSSR count). The number of carbonyl (C=O) groups excluding carboxylic acids is 1. The van der Waals surface area contributed by atoms with E-state index in [1.54, 1.807) is 6.92 Å². The number of benzene rings is 1. The molecule has 0 aromatic heterocycles. The van der Waals surface area contributed by atoms with E-state index in [1.807, 2.05) is 24.3 Å². The van der Waals surface area contributed by atoms with Gasteiger partial charge in [0.15, 0.2) is 6.10 Å². The summed E-state index contributed by atoms with van der Waals surface area (Å²) < 4.78 is 5.65. The summed E-state index contributed by atoms with van der Waals surface area (Å²) in [4.78, 5) is 23.8. The monoisotopic (exact) mass is 289 g/mol. The number of fused-ring (bicyclic) bond motifs is 1. The van der Waals surface area contributed by atoms with Crippen molar-refractivity contribution in [3.8, 4) is 5.75 Å². The molecule has 1 saturated carbocycles. The number of nitrogens with one attached hydrogen (secondary N) is 1. The van der Waals surface area contributed by atoms with Crippen molar-refractivity contribution in [1.29, 1.82) is 0 Å². The Hall–Kier alpha value is -2.04. The van der Waals surface area contributed by atoms with Gasteiger partial charge in [-0.2, -0.15) is 0 Å². The van der Waals surface area contributed by atoms with Crippen molar-refractivity contribution in [2.75, 3.05) is 0 Å². The first-order valence-electron chi connectivity index (χ1n) is 7.29. The molecule has 0 radical (unpaired) electrons. The lowest BCUT2D eigenvalue weighted by Crippen LogP contribution is -2.50. The number of aliphatic carboxylic acids is 1. The SMILES string of the molecule is CC1(C(=O)O)CCCC1NC(=O)C1Cc2ccccc2O1. The Morgan fingerprint density at radius 1 is 1.38 bits per heavy atom. The Kier molecular flexibility index (Phi) is 3.35. The summed E-state index contributed by atoms with van der Waals surface area (Å²) in [7, 11) is 0. The average molecular weight is 289 g/mol. The third kappa shape index (κ3) is 2.37. The van der Waals surface area contributed by atoms with Crippen LogP contribution in [-0.4, -0.2) is 29.1 Å². The summed E-state index contributed by atoms with van der Waals surface area (Å²) >= 11 is 0. The molecular weight excluding hydrogens is 270 g/mol. The highest BCUT2D eigenvalue weighted by Gasteiger charge is 2.46. The van der Waals surface area contributed by atoms with Crippen LogP contribution in [0.15, 0.2) is 24.3 Å². The topological polar surface area (TPSA) is 75.6 Å². The zero-order valence-corrected chi connectivity index (χ0v) is 12.0. The van der Waals surface area contributed by atoms with Gasteiger partial charge in [0, 0.05) is 12.5 Å². The molecular formula is C16H19NO4. The van der Waals surface area contributed by atoms with E-state index in [0.29, 0.717) is 19.3 Å². The predicted molar refractivity (Wildman–Crippen MR) is 76.1 cm³/mol.